The number of anilines is 1. The van der Waals surface area contributed by atoms with Crippen LogP contribution < -0.4 is 10.5 Å². The van der Waals surface area contributed by atoms with E-state index in [-0.39, 0.29) is 10.9 Å². The van der Waals surface area contributed by atoms with E-state index in [0.29, 0.717) is 11.1 Å². The van der Waals surface area contributed by atoms with Gasteiger partial charge in [-0.05, 0) is 37.7 Å². The standard InChI is InChI=1S/C12H19N3O2S2/c1-18-10-4-2-3-9(7-10)15-19(16,17)11-5-6-12(13)14-8-11/h5-6,8-10,15H,2-4,7H2,1H3,(H2,13,14). The molecule has 1 aromatic rings. The highest BCUT2D eigenvalue weighted by atomic mass is 32.2. The second kappa shape index (κ2) is 6.11. The van der Waals surface area contributed by atoms with Gasteiger partial charge < -0.3 is 5.73 Å². The van der Waals surface area contributed by atoms with E-state index in [1.807, 2.05) is 11.8 Å². The number of aromatic nitrogens is 1. The predicted octanol–water partition coefficient (Wildman–Crippen LogP) is 1.62. The zero-order valence-corrected chi connectivity index (χ0v) is 12.5. The maximum atomic E-state index is 12.2. The molecule has 5 nitrogen and oxygen atoms in total. The van der Waals surface area contributed by atoms with Gasteiger partial charge in [0.25, 0.3) is 0 Å². The first-order chi connectivity index (χ1) is 9.01. The van der Waals surface area contributed by atoms with Crippen molar-refractivity contribution in [2.75, 3.05) is 12.0 Å². The molecular formula is C12H19N3O2S2. The third-order valence-electron chi connectivity index (χ3n) is 3.35. The molecule has 106 valence electrons. The van der Waals surface area contributed by atoms with Crippen LogP contribution >= 0.6 is 11.8 Å². The Kier molecular flexibility index (Phi) is 4.70. The Bertz CT molecular complexity index is 516. The predicted molar refractivity (Wildman–Crippen MR) is 78.5 cm³/mol. The molecule has 1 saturated carbocycles. The number of thioether (sulfide) groups is 1. The van der Waals surface area contributed by atoms with Gasteiger partial charge in [-0.2, -0.15) is 11.8 Å². The zero-order chi connectivity index (χ0) is 13.9. The summed E-state index contributed by atoms with van der Waals surface area (Å²) in [6.07, 6.45) is 7.40. The summed E-state index contributed by atoms with van der Waals surface area (Å²) in [6.45, 7) is 0. The number of hydrogen-bond acceptors (Lipinski definition) is 5. The number of pyridine rings is 1. The van der Waals surface area contributed by atoms with E-state index >= 15 is 0 Å². The van der Waals surface area contributed by atoms with Crippen molar-refractivity contribution in [3.63, 3.8) is 0 Å². The van der Waals surface area contributed by atoms with Crippen LogP contribution in [0.5, 0.6) is 0 Å². The summed E-state index contributed by atoms with van der Waals surface area (Å²) in [4.78, 5) is 4.00. The third kappa shape index (κ3) is 3.84. The Hall–Kier alpha value is -0.790. The lowest BCUT2D eigenvalue weighted by molar-refractivity contribution is 0.420. The number of nitrogens with zero attached hydrogens (tertiary/aromatic N) is 1. The van der Waals surface area contributed by atoms with Gasteiger partial charge in [0.15, 0.2) is 0 Å². The summed E-state index contributed by atoms with van der Waals surface area (Å²) in [6, 6.07) is 3.01. The molecule has 1 aromatic heterocycles. The molecule has 3 N–H and O–H groups in total. The van der Waals surface area contributed by atoms with Crippen LogP contribution in [0.15, 0.2) is 23.2 Å². The minimum absolute atomic E-state index is 0.0220. The van der Waals surface area contributed by atoms with E-state index in [9.17, 15) is 8.42 Å². The molecular weight excluding hydrogens is 282 g/mol. The molecule has 0 saturated heterocycles. The molecule has 0 aromatic carbocycles. The maximum absolute atomic E-state index is 12.2. The summed E-state index contributed by atoms with van der Waals surface area (Å²) in [5.74, 6) is 0.319. The van der Waals surface area contributed by atoms with Gasteiger partial charge in [-0.15, -0.1) is 0 Å². The van der Waals surface area contributed by atoms with Gasteiger partial charge in [0.1, 0.15) is 10.7 Å². The summed E-state index contributed by atoms with van der Waals surface area (Å²) in [7, 11) is -3.49. The Balaban J connectivity index is 2.06. The number of nitrogens with two attached hydrogens (primary N) is 1. The molecule has 1 heterocycles. The highest BCUT2D eigenvalue weighted by molar-refractivity contribution is 7.99. The van der Waals surface area contributed by atoms with Crippen molar-refractivity contribution in [3.8, 4) is 0 Å². The Labute approximate surface area is 118 Å². The van der Waals surface area contributed by atoms with Crippen LogP contribution in [0.4, 0.5) is 5.82 Å². The maximum Gasteiger partial charge on any atom is 0.242 e. The molecule has 1 aliphatic rings. The van der Waals surface area contributed by atoms with E-state index in [2.05, 4.69) is 16.0 Å². The molecule has 1 aliphatic carbocycles. The number of sulfonamides is 1. The van der Waals surface area contributed by atoms with Gasteiger partial charge in [-0.25, -0.2) is 18.1 Å². The van der Waals surface area contributed by atoms with E-state index in [1.54, 1.807) is 0 Å². The molecule has 7 heteroatoms. The SMILES string of the molecule is CSC1CCCC(NS(=O)(=O)c2ccc(N)nc2)C1. The normalized spacial score (nSPS) is 24.3. The highest BCUT2D eigenvalue weighted by Crippen LogP contribution is 2.27. The Morgan fingerprint density at radius 1 is 1.42 bits per heavy atom. The molecule has 0 bridgehead atoms. The van der Waals surface area contributed by atoms with E-state index in [1.165, 1.54) is 24.8 Å². The lowest BCUT2D eigenvalue weighted by Crippen LogP contribution is -2.39. The minimum Gasteiger partial charge on any atom is -0.384 e. The van der Waals surface area contributed by atoms with Crippen LogP contribution in [-0.2, 0) is 10.0 Å². The molecule has 1 fully saturated rings. The monoisotopic (exact) mass is 301 g/mol. The summed E-state index contributed by atoms with van der Waals surface area (Å²) >= 11 is 1.81. The zero-order valence-electron chi connectivity index (χ0n) is 10.9. The van der Waals surface area contributed by atoms with Gasteiger partial charge in [0.2, 0.25) is 10.0 Å². The van der Waals surface area contributed by atoms with Crippen molar-refractivity contribution < 1.29 is 8.42 Å². The van der Waals surface area contributed by atoms with Crippen LogP contribution in [0.25, 0.3) is 0 Å². The van der Waals surface area contributed by atoms with Crippen molar-refractivity contribution in [1.82, 2.24) is 9.71 Å². The fourth-order valence-corrected chi connectivity index (χ4v) is 4.36. The molecule has 0 spiro atoms. The number of hydrogen-bond donors (Lipinski definition) is 2. The summed E-state index contributed by atoms with van der Waals surface area (Å²) in [5.41, 5.74) is 5.46. The van der Waals surface area contributed by atoms with Gasteiger partial charge in [0, 0.05) is 17.5 Å². The second-order valence-corrected chi connectivity index (χ2v) is 7.61. The minimum atomic E-state index is -3.49. The smallest absolute Gasteiger partial charge is 0.242 e. The summed E-state index contributed by atoms with van der Waals surface area (Å²) in [5, 5.41) is 0.547. The molecule has 0 amide bonds. The van der Waals surface area contributed by atoms with Gasteiger partial charge >= 0.3 is 0 Å². The average molecular weight is 301 g/mol. The van der Waals surface area contributed by atoms with E-state index < -0.39 is 10.0 Å². The Morgan fingerprint density at radius 2 is 2.21 bits per heavy atom. The van der Waals surface area contributed by atoms with Crippen molar-refractivity contribution in [2.24, 2.45) is 0 Å². The van der Waals surface area contributed by atoms with Crippen LogP contribution in [0, 0.1) is 0 Å². The first kappa shape index (κ1) is 14.6. The first-order valence-electron chi connectivity index (χ1n) is 6.28. The lowest BCUT2D eigenvalue weighted by Gasteiger charge is -2.28. The number of rotatable bonds is 4. The van der Waals surface area contributed by atoms with Gasteiger partial charge in [0.05, 0.1) is 0 Å². The Morgan fingerprint density at radius 3 is 2.84 bits per heavy atom. The quantitative estimate of drug-likeness (QED) is 0.882. The van der Waals surface area contributed by atoms with E-state index in [0.717, 1.165) is 19.3 Å². The van der Waals surface area contributed by atoms with Crippen LogP contribution in [0.1, 0.15) is 25.7 Å². The molecule has 2 unspecified atom stereocenters. The van der Waals surface area contributed by atoms with Gasteiger partial charge in [-0.1, -0.05) is 6.42 Å². The first-order valence-corrected chi connectivity index (χ1v) is 9.05. The number of nitrogens with one attached hydrogen (secondary N) is 1. The van der Waals surface area contributed by atoms with Crippen molar-refractivity contribution in [3.05, 3.63) is 18.3 Å². The van der Waals surface area contributed by atoms with Gasteiger partial charge in [-0.3, -0.25) is 0 Å². The molecule has 19 heavy (non-hydrogen) atoms. The lowest BCUT2D eigenvalue weighted by atomic mass is 9.96. The molecule has 0 radical (unpaired) electrons. The van der Waals surface area contributed by atoms with Crippen LogP contribution in [0.3, 0.4) is 0 Å². The van der Waals surface area contributed by atoms with E-state index in [4.69, 9.17) is 5.73 Å². The molecule has 2 atom stereocenters. The fourth-order valence-electron chi connectivity index (χ4n) is 2.30. The molecule has 2 rings (SSSR count). The van der Waals surface area contributed by atoms with Crippen LogP contribution in [0.2, 0.25) is 0 Å². The van der Waals surface area contributed by atoms with Crippen LogP contribution in [-0.4, -0.2) is 30.9 Å². The second-order valence-electron chi connectivity index (χ2n) is 4.76. The van der Waals surface area contributed by atoms with Crippen molar-refractivity contribution in [2.45, 2.75) is 41.9 Å². The third-order valence-corrected chi connectivity index (χ3v) is 5.95. The van der Waals surface area contributed by atoms with Crippen molar-refractivity contribution in [1.29, 1.82) is 0 Å². The summed E-state index contributed by atoms with van der Waals surface area (Å²) < 4.78 is 27.2. The highest BCUT2D eigenvalue weighted by Gasteiger charge is 2.26. The number of nitrogen functional groups attached to an aromatic ring is 1. The molecule has 0 aliphatic heterocycles. The fraction of sp³-hybridized carbons (Fsp3) is 0.583. The van der Waals surface area contributed by atoms with Crippen molar-refractivity contribution >= 4 is 27.6 Å². The largest absolute Gasteiger partial charge is 0.384 e. The topological polar surface area (TPSA) is 85.1 Å². The average Bonchev–Trinajstić information content (AvgIpc) is 2.39.